The molecule has 0 fully saturated rings. The van der Waals surface area contributed by atoms with Crippen LogP contribution in [0.15, 0.2) is 97.1 Å². The lowest BCUT2D eigenvalue weighted by Crippen LogP contribution is -1.90. The summed E-state index contributed by atoms with van der Waals surface area (Å²) >= 11 is 5.95. The van der Waals surface area contributed by atoms with Crippen LogP contribution in [0.3, 0.4) is 0 Å². The standard InChI is InChI=1S/C32H24S3/c1-3-7-21(8-4-1)11-13-23-15-17-25-27(19-23)33-31-29(25)35-30-26-18-16-24(20-28(26)34-32(30)31)14-12-22-9-5-2-6-10-22/h1-10,15-20H,11-14H2. The van der Waals surface area contributed by atoms with Crippen LogP contribution < -0.4 is 0 Å². The van der Waals surface area contributed by atoms with Gasteiger partial charge in [-0.3, -0.25) is 0 Å². The molecule has 3 heterocycles. The van der Waals surface area contributed by atoms with Crippen molar-refractivity contribution in [1.29, 1.82) is 0 Å². The van der Waals surface area contributed by atoms with Crippen molar-refractivity contribution in [2.24, 2.45) is 0 Å². The van der Waals surface area contributed by atoms with Crippen LogP contribution in [0.5, 0.6) is 0 Å². The van der Waals surface area contributed by atoms with Crippen molar-refractivity contribution in [2.75, 3.05) is 0 Å². The van der Waals surface area contributed by atoms with E-state index in [1.807, 2.05) is 34.0 Å². The maximum absolute atomic E-state index is 2.43. The zero-order valence-electron chi connectivity index (χ0n) is 19.3. The summed E-state index contributed by atoms with van der Waals surface area (Å²) in [7, 11) is 0. The molecule has 0 aliphatic heterocycles. The maximum Gasteiger partial charge on any atom is 0.0642 e. The van der Waals surface area contributed by atoms with E-state index in [2.05, 4.69) is 97.1 Å². The van der Waals surface area contributed by atoms with E-state index in [1.54, 1.807) is 0 Å². The van der Waals surface area contributed by atoms with E-state index >= 15 is 0 Å². The van der Waals surface area contributed by atoms with Gasteiger partial charge in [-0.2, -0.15) is 0 Å². The minimum absolute atomic E-state index is 1.09. The molecule has 0 spiro atoms. The summed E-state index contributed by atoms with van der Waals surface area (Å²) in [4.78, 5) is 0. The monoisotopic (exact) mass is 504 g/mol. The van der Waals surface area contributed by atoms with Crippen LogP contribution in [0, 0.1) is 0 Å². The Balaban J connectivity index is 1.20. The van der Waals surface area contributed by atoms with Crippen LogP contribution in [0.25, 0.3) is 39.0 Å². The van der Waals surface area contributed by atoms with Gasteiger partial charge in [0.15, 0.2) is 0 Å². The van der Waals surface area contributed by atoms with Crippen molar-refractivity contribution in [3.63, 3.8) is 0 Å². The lowest BCUT2D eigenvalue weighted by Gasteiger charge is -2.03. The molecule has 7 rings (SSSR count). The van der Waals surface area contributed by atoms with Gasteiger partial charge in [0.25, 0.3) is 0 Å². The largest absolute Gasteiger partial charge is 0.133 e. The first-order chi connectivity index (χ1) is 17.3. The van der Waals surface area contributed by atoms with Crippen molar-refractivity contribution in [3.8, 4) is 0 Å². The molecule has 0 nitrogen and oxygen atoms in total. The fourth-order valence-corrected chi connectivity index (χ4v) is 9.41. The van der Waals surface area contributed by atoms with Gasteiger partial charge in [-0.25, -0.2) is 0 Å². The summed E-state index contributed by atoms with van der Waals surface area (Å²) in [6, 6.07) is 35.9. The SMILES string of the molecule is c1ccc(CCc2ccc3c(c2)sc2c3sc3c4ccc(CCc5ccccc5)cc4sc32)cc1. The van der Waals surface area contributed by atoms with Gasteiger partial charge in [0.1, 0.15) is 0 Å². The Labute approximate surface area is 217 Å². The Morgan fingerprint density at radius 2 is 0.800 bits per heavy atom. The van der Waals surface area contributed by atoms with Gasteiger partial charge in [0, 0.05) is 20.2 Å². The second-order valence-electron chi connectivity index (χ2n) is 9.25. The summed E-state index contributed by atoms with van der Waals surface area (Å²) in [5, 5.41) is 2.85. The lowest BCUT2D eigenvalue weighted by molar-refractivity contribution is 0.963. The zero-order chi connectivity index (χ0) is 23.2. The Morgan fingerprint density at radius 3 is 1.26 bits per heavy atom. The van der Waals surface area contributed by atoms with E-state index < -0.39 is 0 Å². The van der Waals surface area contributed by atoms with E-state index in [1.165, 1.54) is 61.2 Å². The van der Waals surface area contributed by atoms with E-state index in [9.17, 15) is 0 Å². The fourth-order valence-electron chi connectivity index (χ4n) is 5.02. The van der Waals surface area contributed by atoms with E-state index in [0.29, 0.717) is 0 Å². The molecule has 0 saturated heterocycles. The van der Waals surface area contributed by atoms with Crippen LogP contribution in [0.2, 0.25) is 0 Å². The second kappa shape index (κ2) is 8.91. The van der Waals surface area contributed by atoms with Gasteiger partial charge in [-0.15, -0.1) is 34.0 Å². The average Bonchev–Trinajstić information content (AvgIpc) is 3.55. The molecule has 0 amide bonds. The van der Waals surface area contributed by atoms with Gasteiger partial charge < -0.3 is 0 Å². The predicted molar refractivity (Wildman–Crippen MR) is 158 cm³/mol. The molecule has 7 aromatic rings. The van der Waals surface area contributed by atoms with E-state index in [-0.39, 0.29) is 0 Å². The molecule has 0 unspecified atom stereocenters. The second-order valence-corrected chi connectivity index (χ2v) is 12.4. The highest BCUT2D eigenvalue weighted by Gasteiger charge is 2.17. The van der Waals surface area contributed by atoms with Gasteiger partial charge in [-0.1, -0.05) is 84.9 Å². The highest BCUT2D eigenvalue weighted by atomic mass is 32.1. The van der Waals surface area contributed by atoms with Crippen LogP contribution >= 0.6 is 34.0 Å². The van der Waals surface area contributed by atoms with Gasteiger partial charge >= 0.3 is 0 Å². The predicted octanol–water partition coefficient (Wildman–Crippen LogP) is 10.1. The maximum atomic E-state index is 2.43. The highest BCUT2D eigenvalue weighted by molar-refractivity contribution is 7.43. The Kier molecular flexibility index (Phi) is 5.42. The van der Waals surface area contributed by atoms with Crippen molar-refractivity contribution >= 4 is 73.0 Å². The Hall–Kier alpha value is -2.98. The number of aryl methyl sites for hydroxylation is 4. The average molecular weight is 505 g/mol. The molecule has 0 bridgehead atoms. The van der Waals surface area contributed by atoms with Crippen molar-refractivity contribution in [1.82, 2.24) is 0 Å². The molecular formula is C32H24S3. The summed E-state index contributed by atoms with van der Waals surface area (Å²) in [5.41, 5.74) is 5.70. The first-order valence-corrected chi connectivity index (χ1v) is 14.6. The normalized spacial score (nSPS) is 11.9. The number of fused-ring (bicyclic) bond motifs is 7. The number of benzene rings is 4. The van der Waals surface area contributed by atoms with E-state index in [0.717, 1.165) is 25.7 Å². The van der Waals surface area contributed by atoms with Crippen molar-refractivity contribution in [2.45, 2.75) is 25.7 Å². The summed E-state index contributed by atoms with van der Waals surface area (Å²) in [6.45, 7) is 0. The first kappa shape index (κ1) is 21.3. The molecular weight excluding hydrogens is 481 g/mol. The minimum Gasteiger partial charge on any atom is -0.133 e. The topological polar surface area (TPSA) is 0 Å². The molecule has 3 aromatic heterocycles. The molecule has 35 heavy (non-hydrogen) atoms. The van der Waals surface area contributed by atoms with E-state index in [4.69, 9.17) is 0 Å². The summed E-state index contributed by atoms with van der Waals surface area (Å²) in [5.74, 6) is 0. The van der Waals surface area contributed by atoms with Crippen LogP contribution in [0.1, 0.15) is 22.3 Å². The van der Waals surface area contributed by atoms with Crippen LogP contribution in [-0.2, 0) is 25.7 Å². The molecule has 0 saturated carbocycles. The third kappa shape index (κ3) is 3.98. The van der Waals surface area contributed by atoms with Crippen LogP contribution in [0.4, 0.5) is 0 Å². The molecule has 0 N–H and O–H groups in total. The zero-order valence-corrected chi connectivity index (χ0v) is 21.7. The van der Waals surface area contributed by atoms with Gasteiger partial charge in [-0.05, 0) is 60.1 Å². The molecule has 0 atom stereocenters. The Bertz CT molecular complexity index is 1650. The Morgan fingerprint density at radius 1 is 0.371 bits per heavy atom. The molecule has 3 heteroatoms. The molecule has 0 aliphatic rings. The smallest absolute Gasteiger partial charge is 0.0642 e. The van der Waals surface area contributed by atoms with Crippen LogP contribution in [-0.4, -0.2) is 0 Å². The molecule has 4 aromatic carbocycles. The van der Waals surface area contributed by atoms with Crippen molar-refractivity contribution < 1.29 is 0 Å². The summed E-state index contributed by atoms with van der Waals surface area (Å²) < 4.78 is 8.76. The first-order valence-electron chi connectivity index (χ1n) is 12.2. The minimum atomic E-state index is 1.09. The fraction of sp³-hybridized carbons (Fsp3) is 0.125. The highest BCUT2D eigenvalue weighted by Crippen LogP contribution is 2.50. The molecule has 170 valence electrons. The molecule has 0 aliphatic carbocycles. The summed E-state index contributed by atoms with van der Waals surface area (Å²) in [6.07, 6.45) is 4.38. The lowest BCUT2D eigenvalue weighted by atomic mass is 10.0. The number of hydrogen-bond acceptors (Lipinski definition) is 3. The third-order valence-corrected chi connectivity index (χ3v) is 10.9. The number of thiophene rings is 3. The molecule has 0 radical (unpaired) electrons. The number of rotatable bonds is 6. The van der Waals surface area contributed by atoms with Gasteiger partial charge in [0.05, 0.1) is 18.8 Å². The third-order valence-electron chi connectivity index (χ3n) is 6.92. The van der Waals surface area contributed by atoms with Gasteiger partial charge in [0.2, 0.25) is 0 Å². The number of hydrogen-bond donors (Lipinski definition) is 0. The quantitative estimate of drug-likeness (QED) is 0.211. The van der Waals surface area contributed by atoms with Crippen molar-refractivity contribution in [3.05, 3.63) is 119 Å².